The second-order valence-electron chi connectivity index (χ2n) is 6.18. The zero-order chi connectivity index (χ0) is 17.0. The Bertz CT molecular complexity index is 652. The fraction of sp³-hybridized carbons (Fsp3) is 0.562. The monoisotopic (exact) mass is 340 g/mol. The van der Waals surface area contributed by atoms with Crippen LogP contribution in [-0.2, 0) is 14.8 Å². The zero-order valence-corrected chi connectivity index (χ0v) is 14.6. The Morgan fingerprint density at radius 3 is 2.57 bits per heavy atom. The SMILES string of the molecule is Cc1cc(C)cc(OCC(=O)N2CCC[C@@H](NS(C)(=O)=O)C2)c1. The van der Waals surface area contributed by atoms with Gasteiger partial charge in [-0.25, -0.2) is 13.1 Å². The molecule has 1 fully saturated rings. The van der Waals surface area contributed by atoms with Gasteiger partial charge in [0.25, 0.3) is 5.91 Å². The Balaban J connectivity index is 1.90. The summed E-state index contributed by atoms with van der Waals surface area (Å²) in [5.41, 5.74) is 2.17. The number of rotatable bonds is 5. The highest BCUT2D eigenvalue weighted by Gasteiger charge is 2.25. The minimum Gasteiger partial charge on any atom is -0.484 e. The first kappa shape index (κ1) is 17.7. The molecule has 6 nitrogen and oxygen atoms in total. The van der Waals surface area contributed by atoms with E-state index >= 15 is 0 Å². The maximum absolute atomic E-state index is 12.3. The summed E-state index contributed by atoms with van der Waals surface area (Å²) in [6.07, 6.45) is 2.66. The number of amides is 1. The number of ether oxygens (including phenoxy) is 1. The standard InChI is InChI=1S/C16H24N2O4S/c1-12-7-13(2)9-15(8-12)22-11-16(19)18-6-4-5-14(10-18)17-23(3,20)21/h7-9,14,17H,4-6,10-11H2,1-3H3/t14-/m1/s1. The molecule has 2 rings (SSSR count). The largest absolute Gasteiger partial charge is 0.484 e. The van der Waals surface area contributed by atoms with Crippen molar-refractivity contribution in [1.82, 2.24) is 9.62 Å². The lowest BCUT2D eigenvalue weighted by atomic mass is 10.1. The molecule has 1 N–H and O–H groups in total. The number of aryl methyl sites for hydroxylation is 2. The van der Waals surface area contributed by atoms with Crippen LogP contribution in [0, 0.1) is 13.8 Å². The van der Waals surface area contributed by atoms with Gasteiger partial charge in [-0.2, -0.15) is 0 Å². The van der Waals surface area contributed by atoms with E-state index in [2.05, 4.69) is 4.72 Å². The van der Waals surface area contributed by atoms with Gasteiger partial charge >= 0.3 is 0 Å². The van der Waals surface area contributed by atoms with Gasteiger partial charge < -0.3 is 9.64 Å². The van der Waals surface area contributed by atoms with Crippen molar-refractivity contribution >= 4 is 15.9 Å². The number of carbonyl (C=O) groups is 1. The molecule has 1 heterocycles. The predicted molar refractivity (Wildman–Crippen MR) is 89.0 cm³/mol. The minimum atomic E-state index is -3.26. The summed E-state index contributed by atoms with van der Waals surface area (Å²) < 4.78 is 30.8. The lowest BCUT2D eigenvalue weighted by molar-refractivity contribution is -0.134. The number of likely N-dealkylation sites (tertiary alicyclic amines) is 1. The first-order valence-electron chi connectivity index (χ1n) is 7.69. The van der Waals surface area contributed by atoms with Gasteiger partial charge in [0.15, 0.2) is 6.61 Å². The second kappa shape index (κ2) is 7.31. The van der Waals surface area contributed by atoms with E-state index in [9.17, 15) is 13.2 Å². The summed E-state index contributed by atoms with van der Waals surface area (Å²) in [6.45, 7) is 4.95. The summed E-state index contributed by atoms with van der Waals surface area (Å²) in [7, 11) is -3.26. The molecule has 0 bridgehead atoms. The Morgan fingerprint density at radius 1 is 1.30 bits per heavy atom. The molecule has 1 aliphatic heterocycles. The molecule has 0 saturated carbocycles. The van der Waals surface area contributed by atoms with Crippen molar-refractivity contribution in [2.24, 2.45) is 0 Å². The van der Waals surface area contributed by atoms with E-state index in [0.29, 0.717) is 18.8 Å². The molecule has 23 heavy (non-hydrogen) atoms. The minimum absolute atomic E-state index is 0.0332. The Kier molecular flexibility index (Phi) is 5.64. The summed E-state index contributed by atoms with van der Waals surface area (Å²) >= 11 is 0. The fourth-order valence-corrected chi connectivity index (χ4v) is 3.65. The second-order valence-corrected chi connectivity index (χ2v) is 7.96. The van der Waals surface area contributed by atoms with Gasteiger partial charge in [-0.1, -0.05) is 6.07 Å². The first-order chi connectivity index (χ1) is 10.7. The summed E-state index contributed by atoms with van der Waals surface area (Å²) in [4.78, 5) is 13.9. The number of nitrogens with zero attached hydrogens (tertiary/aromatic N) is 1. The Morgan fingerprint density at radius 2 is 1.96 bits per heavy atom. The van der Waals surface area contributed by atoms with Crippen LogP contribution >= 0.6 is 0 Å². The normalized spacial score (nSPS) is 18.7. The Hall–Kier alpha value is -1.60. The molecule has 1 amide bonds. The maximum atomic E-state index is 12.3. The molecule has 0 unspecified atom stereocenters. The highest BCUT2D eigenvalue weighted by Crippen LogP contribution is 2.17. The quantitative estimate of drug-likeness (QED) is 0.874. The van der Waals surface area contributed by atoms with Crippen LogP contribution in [0.2, 0.25) is 0 Å². The molecule has 1 aromatic carbocycles. The topological polar surface area (TPSA) is 75.7 Å². The van der Waals surface area contributed by atoms with E-state index < -0.39 is 10.0 Å². The van der Waals surface area contributed by atoms with Gasteiger partial charge in [0.05, 0.1) is 6.26 Å². The van der Waals surface area contributed by atoms with Crippen LogP contribution in [0.5, 0.6) is 5.75 Å². The molecule has 1 saturated heterocycles. The predicted octanol–water partition coefficient (Wildman–Crippen LogP) is 1.22. The first-order valence-corrected chi connectivity index (χ1v) is 9.58. The average Bonchev–Trinajstić information content (AvgIpc) is 2.42. The van der Waals surface area contributed by atoms with E-state index in [4.69, 9.17) is 4.74 Å². The number of hydrogen-bond donors (Lipinski definition) is 1. The number of benzene rings is 1. The molecular weight excluding hydrogens is 316 g/mol. The van der Waals surface area contributed by atoms with Crippen LogP contribution in [-0.4, -0.2) is 51.2 Å². The summed E-state index contributed by atoms with van der Waals surface area (Å²) in [5.74, 6) is 0.558. The van der Waals surface area contributed by atoms with Crippen molar-refractivity contribution in [2.75, 3.05) is 26.0 Å². The van der Waals surface area contributed by atoms with Crippen LogP contribution in [0.15, 0.2) is 18.2 Å². The number of sulfonamides is 1. The third kappa shape index (κ3) is 5.84. The molecule has 0 aromatic heterocycles. The smallest absolute Gasteiger partial charge is 0.260 e. The molecule has 0 radical (unpaired) electrons. The van der Waals surface area contributed by atoms with Crippen LogP contribution in [0.25, 0.3) is 0 Å². The van der Waals surface area contributed by atoms with Crippen LogP contribution in [0.1, 0.15) is 24.0 Å². The van der Waals surface area contributed by atoms with Crippen molar-refractivity contribution in [3.05, 3.63) is 29.3 Å². The third-order valence-electron chi connectivity index (χ3n) is 3.71. The van der Waals surface area contributed by atoms with Crippen molar-refractivity contribution in [2.45, 2.75) is 32.7 Å². The van der Waals surface area contributed by atoms with Crippen molar-refractivity contribution in [3.8, 4) is 5.75 Å². The van der Waals surface area contributed by atoms with Crippen molar-refractivity contribution in [1.29, 1.82) is 0 Å². The van der Waals surface area contributed by atoms with Crippen LogP contribution in [0.4, 0.5) is 0 Å². The highest BCUT2D eigenvalue weighted by molar-refractivity contribution is 7.88. The maximum Gasteiger partial charge on any atom is 0.260 e. The molecule has 1 aromatic rings. The van der Waals surface area contributed by atoms with E-state index in [-0.39, 0.29) is 18.6 Å². The fourth-order valence-electron chi connectivity index (χ4n) is 2.86. The van der Waals surface area contributed by atoms with Crippen LogP contribution < -0.4 is 9.46 Å². The van der Waals surface area contributed by atoms with Gasteiger partial charge in [-0.15, -0.1) is 0 Å². The lowest BCUT2D eigenvalue weighted by Crippen LogP contribution is -2.50. The summed E-state index contributed by atoms with van der Waals surface area (Å²) in [5, 5.41) is 0. The molecular formula is C16H24N2O4S. The lowest BCUT2D eigenvalue weighted by Gasteiger charge is -2.32. The summed E-state index contributed by atoms with van der Waals surface area (Å²) in [6, 6.07) is 5.61. The van der Waals surface area contributed by atoms with Crippen molar-refractivity contribution in [3.63, 3.8) is 0 Å². The van der Waals surface area contributed by atoms with Gasteiger partial charge in [0.1, 0.15) is 5.75 Å². The van der Waals surface area contributed by atoms with Gasteiger partial charge in [-0.3, -0.25) is 4.79 Å². The number of nitrogens with one attached hydrogen (secondary N) is 1. The Labute approximate surface area is 137 Å². The molecule has 0 spiro atoms. The van der Waals surface area contributed by atoms with Gasteiger partial charge in [0.2, 0.25) is 10.0 Å². The van der Waals surface area contributed by atoms with E-state index in [1.165, 1.54) is 0 Å². The third-order valence-corrected chi connectivity index (χ3v) is 4.47. The zero-order valence-electron chi connectivity index (χ0n) is 13.8. The number of carbonyl (C=O) groups excluding carboxylic acids is 1. The molecule has 128 valence electrons. The molecule has 7 heteroatoms. The molecule has 1 atom stereocenters. The number of piperidine rings is 1. The molecule has 0 aliphatic carbocycles. The molecule has 1 aliphatic rings. The van der Waals surface area contributed by atoms with Crippen LogP contribution in [0.3, 0.4) is 0 Å². The van der Waals surface area contributed by atoms with E-state index in [1.807, 2.05) is 32.0 Å². The van der Waals surface area contributed by atoms with Gasteiger partial charge in [0, 0.05) is 19.1 Å². The number of hydrogen-bond acceptors (Lipinski definition) is 4. The van der Waals surface area contributed by atoms with Gasteiger partial charge in [-0.05, 0) is 49.9 Å². The highest BCUT2D eigenvalue weighted by atomic mass is 32.2. The van der Waals surface area contributed by atoms with E-state index in [0.717, 1.165) is 30.2 Å². The average molecular weight is 340 g/mol. The van der Waals surface area contributed by atoms with Crippen molar-refractivity contribution < 1.29 is 17.9 Å². The van der Waals surface area contributed by atoms with E-state index in [1.54, 1.807) is 4.90 Å².